The Hall–Kier alpha value is -0.910. The second-order valence-electron chi connectivity index (χ2n) is 4.55. The van der Waals surface area contributed by atoms with E-state index in [9.17, 15) is 8.42 Å². The van der Waals surface area contributed by atoms with Crippen LogP contribution in [-0.2, 0) is 19.0 Å². The molecule has 1 aromatic carbocycles. The molecule has 0 aliphatic carbocycles. The molecule has 100 valence electrons. The van der Waals surface area contributed by atoms with Gasteiger partial charge in [0.25, 0.3) is 10.1 Å². The quantitative estimate of drug-likeness (QED) is 0.588. The smallest absolute Gasteiger partial charge is 0.297 e. The highest BCUT2D eigenvalue weighted by molar-refractivity contribution is 7.86. The van der Waals surface area contributed by atoms with Crippen molar-refractivity contribution in [1.82, 2.24) is 0 Å². The van der Waals surface area contributed by atoms with Gasteiger partial charge in [-0.15, -0.1) is 0 Å². The van der Waals surface area contributed by atoms with Crippen LogP contribution in [-0.4, -0.2) is 27.2 Å². The van der Waals surface area contributed by atoms with Crippen LogP contribution < -0.4 is 0 Å². The zero-order valence-corrected chi connectivity index (χ0v) is 11.4. The molecule has 0 amide bonds. The minimum Gasteiger partial charge on any atom is -0.367 e. The number of benzene rings is 1. The third-order valence-electron chi connectivity index (χ3n) is 2.96. The van der Waals surface area contributed by atoms with Gasteiger partial charge in [-0.2, -0.15) is 8.42 Å². The minimum absolute atomic E-state index is 0.0647. The van der Waals surface area contributed by atoms with Crippen molar-refractivity contribution in [3.63, 3.8) is 0 Å². The Morgan fingerprint density at radius 3 is 2.50 bits per heavy atom. The molecule has 1 heterocycles. The number of hydrogen-bond acceptors (Lipinski definition) is 4. The van der Waals surface area contributed by atoms with Gasteiger partial charge < -0.3 is 4.74 Å². The first-order valence-electron chi connectivity index (χ1n) is 6.14. The first-order chi connectivity index (χ1) is 8.53. The molecule has 1 fully saturated rings. The van der Waals surface area contributed by atoms with Gasteiger partial charge in [-0.3, -0.25) is 4.18 Å². The van der Waals surface area contributed by atoms with Crippen LogP contribution in [0.25, 0.3) is 0 Å². The molecule has 0 spiro atoms. The minimum atomic E-state index is -3.65. The van der Waals surface area contributed by atoms with Crippen molar-refractivity contribution in [2.45, 2.75) is 43.8 Å². The lowest BCUT2D eigenvalue weighted by Crippen LogP contribution is -2.12. The van der Waals surface area contributed by atoms with Crippen LogP contribution in [0.5, 0.6) is 0 Å². The predicted molar refractivity (Wildman–Crippen MR) is 67.9 cm³/mol. The number of hydrogen-bond donors (Lipinski definition) is 0. The zero-order chi connectivity index (χ0) is 13.2. The lowest BCUT2D eigenvalue weighted by Gasteiger charge is -2.04. The van der Waals surface area contributed by atoms with Gasteiger partial charge in [0.05, 0.1) is 17.6 Å². The van der Waals surface area contributed by atoms with Crippen molar-refractivity contribution < 1.29 is 17.3 Å². The van der Waals surface area contributed by atoms with Gasteiger partial charge in [-0.1, -0.05) is 31.0 Å². The normalized spacial score (nSPS) is 23.0. The summed E-state index contributed by atoms with van der Waals surface area (Å²) in [4.78, 5) is 0.195. The molecular formula is C13H18O4S. The van der Waals surface area contributed by atoms with E-state index in [1.54, 1.807) is 24.3 Å². The molecule has 0 unspecified atom stereocenters. The van der Waals surface area contributed by atoms with Crippen molar-refractivity contribution >= 4 is 10.1 Å². The fraction of sp³-hybridized carbons (Fsp3) is 0.538. The molecule has 0 bridgehead atoms. The van der Waals surface area contributed by atoms with E-state index in [0.29, 0.717) is 0 Å². The van der Waals surface area contributed by atoms with Crippen molar-refractivity contribution in [2.75, 3.05) is 6.61 Å². The van der Waals surface area contributed by atoms with Crippen LogP contribution >= 0.6 is 0 Å². The summed E-state index contributed by atoms with van der Waals surface area (Å²) < 4.78 is 34.0. The van der Waals surface area contributed by atoms with E-state index in [2.05, 4.69) is 6.92 Å². The van der Waals surface area contributed by atoms with Crippen molar-refractivity contribution in [1.29, 1.82) is 0 Å². The number of epoxide rings is 1. The van der Waals surface area contributed by atoms with Crippen LogP contribution in [0.3, 0.4) is 0 Å². The molecule has 1 aliphatic heterocycles. The van der Waals surface area contributed by atoms with E-state index >= 15 is 0 Å². The third-order valence-corrected chi connectivity index (χ3v) is 4.25. The first kappa shape index (κ1) is 13.5. The van der Waals surface area contributed by atoms with Gasteiger partial charge in [0.2, 0.25) is 0 Å². The van der Waals surface area contributed by atoms with Crippen molar-refractivity contribution in [3.05, 3.63) is 29.8 Å². The summed E-state index contributed by atoms with van der Waals surface area (Å²) in [7, 11) is -3.65. The fourth-order valence-corrected chi connectivity index (χ4v) is 2.71. The summed E-state index contributed by atoms with van der Waals surface area (Å²) in [5.41, 5.74) is 1.02. The van der Waals surface area contributed by atoms with Gasteiger partial charge in [0, 0.05) is 0 Å². The molecular weight excluding hydrogens is 252 g/mol. The molecule has 0 saturated carbocycles. The molecule has 0 aromatic heterocycles. The summed E-state index contributed by atoms with van der Waals surface area (Å²) >= 11 is 0. The van der Waals surface area contributed by atoms with Crippen LogP contribution in [0.4, 0.5) is 0 Å². The standard InChI is InChI=1S/C13H18O4S/c1-3-4-12-13(17-12)9-16-18(14,15)11-7-5-10(2)6-8-11/h5-8,12-13H,3-4,9H2,1-2H3/t12-,13-/m1/s1. The fourth-order valence-electron chi connectivity index (χ4n) is 1.79. The summed E-state index contributed by atoms with van der Waals surface area (Å²) in [5, 5.41) is 0. The summed E-state index contributed by atoms with van der Waals surface area (Å²) in [6.07, 6.45) is 2.10. The van der Waals surface area contributed by atoms with Crippen molar-refractivity contribution in [3.8, 4) is 0 Å². The lowest BCUT2D eigenvalue weighted by atomic mass is 10.2. The molecule has 1 aliphatic rings. The topological polar surface area (TPSA) is 55.9 Å². The van der Waals surface area contributed by atoms with Gasteiger partial charge in [-0.25, -0.2) is 0 Å². The molecule has 0 radical (unpaired) electrons. The highest BCUT2D eigenvalue weighted by Crippen LogP contribution is 2.27. The molecule has 2 rings (SSSR count). The third kappa shape index (κ3) is 3.31. The molecule has 1 aromatic rings. The van der Waals surface area contributed by atoms with E-state index in [-0.39, 0.29) is 23.7 Å². The van der Waals surface area contributed by atoms with E-state index < -0.39 is 10.1 Å². The maximum Gasteiger partial charge on any atom is 0.297 e. The van der Waals surface area contributed by atoms with Crippen LogP contribution in [0.2, 0.25) is 0 Å². The second-order valence-corrected chi connectivity index (χ2v) is 6.17. The Morgan fingerprint density at radius 2 is 1.89 bits per heavy atom. The Balaban J connectivity index is 1.90. The zero-order valence-electron chi connectivity index (χ0n) is 10.6. The SMILES string of the molecule is CCC[C@H]1O[C@@H]1COS(=O)(=O)c1ccc(C)cc1. The first-order valence-corrected chi connectivity index (χ1v) is 7.55. The summed E-state index contributed by atoms with van der Waals surface area (Å²) in [6.45, 7) is 4.09. The molecule has 2 atom stereocenters. The number of aryl methyl sites for hydroxylation is 1. The van der Waals surface area contributed by atoms with Gasteiger partial charge >= 0.3 is 0 Å². The largest absolute Gasteiger partial charge is 0.367 e. The monoisotopic (exact) mass is 270 g/mol. The molecule has 1 saturated heterocycles. The Morgan fingerprint density at radius 1 is 1.22 bits per heavy atom. The molecule has 18 heavy (non-hydrogen) atoms. The molecule has 4 nitrogen and oxygen atoms in total. The van der Waals surface area contributed by atoms with Crippen LogP contribution in [0.1, 0.15) is 25.3 Å². The molecule has 5 heteroatoms. The Kier molecular flexibility index (Phi) is 4.04. The molecule has 0 N–H and O–H groups in total. The van der Waals surface area contributed by atoms with Crippen molar-refractivity contribution in [2.24, 2.45) is 0 Å². The van der Waals surface area contributed by atoms with Gasteiger partial charge in [0.1, 0.15) is 6.10 Å². The second kappa shape index (κ2) is 5.38. The maximum absolute atomic E-state index is 11.9. The van der Waals surface area contributed by atoms with Gasteiger partial charge in [0.15, 0.2) is 0 Å². The number of rotatable bonds is 6. The lowest BCUT2D eigenvalue weighted by molar-refractivity contribution is 0.263. The highest BCUT2D eigenvalue weighted by Gasteiger charge is 2.39. The Bertz CT molecular complexity index is 492. The number of ether oxygens (including phenoxy) is 1. The van der Waals surface area contributed by atoms with Gasteiger partial charge in [-0.05, 0) is 25.5 Å². The van der Waals surface area contributed by atoms with E-state index in [0.717, 1.165) is 18.4 Å². The van der Waals surface area contributed by atoms with E-state index in [4.69, 9.17) is 8.92 Å². The Labute approximate surface area is 108 Å². The summed E-state index contributed by atoms with van der Waals surface area (Å²) in [5.74, 6) is 0. The highest BCUT2D eigenvalue weighted by atomic mass is 32.2. The van der Waals surface area contributed by atoms with E-state index in [1.807, 2.05) is 6.92 Å². The average molecular weight is 270 g/mol. The van der Waals surface area contributed by atoms with Crippen LogP contribution in [0.15, 0.2) is 29.2 Å². The predicted octanol–water partition coefficient (Wildman–Crippen LogP) is 2.27. The average Bonchev–Trinajstić information content (AvgIpc) is 3.06. The maximum atomic E-state index is 11.9. The summed E-state index contributed by atoms with van der Waals surface area (Å²) in [6, 6.07) is 6.62. The van der Waals surface area contributed by atoms with Crippen LogP contribution in [0, 0.1) is 6.92 Å². The van der Waals surface area contributed by atoms with E-state index in [1.165, 1.54) is 0 Å².